The van der Waals surface area contributed by atoms with Crippen LogP contribution in [0.1, 0.15) is 194 Å². The van der Waals surface area contributed by atoms with Gasteiger partial charge in [0, 0.05) is 6.04 Å². The third kappa shape index (κ3) is 39.0. The largest absolute Gasteiger partial charge is 0.314 e. The van der Waals surface area contributed by atoms with Crippen molar-refractivity contribution in [3.63, 3.8) is 0 Å². The molecule has 2 nitrogen and oxygen atoms in total. The van der Waals surface area contributed by atoms with E-state index in [4.69, 9.17) is 0 Å². The molecule has 0 aliphatic heterocycles. The van der Waals surface area contributed by atoms with Crippen LogP contribution < -0.4 is 5.32 Å². The van der Waals surface area contributed by atoms with Crippen molar-refractivity contribution >= 4 is 0 Å². The summed E-state index contributed by atoms with van der Waals surface area (Å²) in [6.07, 6.45) is 56.5. The summed E-state index contributed by atoms with van der Waals surface area (Å²) in [5.74, 6) is 0. The molecule has 0 aliphatic carbocycles. The SMILES string of the molecule is CCCCCC=CCC=CCCCCCCCCC(CCCCCCCCC=CCC=CCCCCC)NCCCCN(C)C. The Kier molecular flexibility index (Phi) is 38.1. The van der Waals surface area contributed by atoms with E-state index in [1.54, 1.807) is 0 Å². The normalized spacial score (nSPS) is 13.2. The first-order valence-electron chi connectivity index (χ1n) is 20.2. The van der Waals surface area contributed by atoms with Crippen LogP contribution in [0.4, 0.5) is 0 Å². The lowest BCUT2D eigenvalue weighted by molar-refractivity contribution is 0.375. The molecule has 0 spiro atoms. The zero-order valence-corrected chi connectivity index (χ0v) is 31.4. The molecule has 264 valence electrons. The Morgan fingerprint density at radius 3 is 1.20 bits per heavy atom. The summed E-state index contributed by atoms with van der Waals surface area (Å²) >= 11 is 0. The molecule has 0 fully saturated rings. The number of nitrogens with one attached hydrogen (secondary N) is 1. The molecule has 0 atom stereocenters. The van der Waals surface area contributed by atoms with Crippen molar-refractivity contribution in [2.24, 2.45) is 0 Å². The summed E-state index contributed by atoms with van der Waals surface area (Å²) in [4.78, 5) is 2.31. The van der Waals surface area contributed by atoms with Gasteiger partial charge in [0.2, 0.25) is 0 Å². The molecule has 0 heterocycles. The highest BCUT2D eigenvalue weighted by Gasteiger charge is 2.08. The minimum Gasteiger partial charge on any atom is -0.314 e. The third-order valence-corrected chi connectivity index (χ3v) is 8.97. The average molecular weight is 627 g/mol. The zero-order valence-electron chi connectivity index (χ0n) is 31.4. The van der Waals surface area contributed by atoms with Gasteiger partial charge in [-0.1, -0.05) is 152 Å². The Morgan fingerprint density at radius 1 is 0.422 bits per heavy atom. The predicted molar refractivity (Wildman–Crippen MR) is 208 cm³/mol. The molecule has 0 aromatic rings. The smallest absolute Gasteiger partial charge is 0.00670 e. The van der Waals surface area contributed by atoms with E-state index in [9.17, 15) is 0 Å². The van der Waals surface area contributed by atoms with Gasteiger partial charge in [0.05, 0.1) is 0 Å². The molecule has 0 saturated carbocycles. The van der Waals surface area contributed by atoms with Crippen LogP contribution in [0.3, 0.4) is 0 Å². The van der Waals surface area contributed by atoms with Gasteiger partial charge in [-0.15, -0.1) is 0 Å². The monoisotopic (exact) mass is 627 g/mol. The van der Waals surface area contributed by atoms with E-state index in [-0.39, 0.29) is 0 Å². The first kappa shape index (κ1) is 43.9. The van der Waals surface area contributed by atoms with Crippen molar-refractivity contribution in [2.45, 2.75) is 200 Å². The van der Waals surface area contributed by atoms with Crippen LogP contribution in [0.15, 0.2) is 48.6 Å². The highest BCUT2D eigenvalue weighted by molar-refractivity contribution is 4.93. The highest BCUT2D eigenvalue weighted by atomic mass is 15.0. The highest BCUT2D eigenvalue weighted by Crippen LogP contribution is 2.16. The summed E-state index contributed by atoms with van der Waals surface area (Å²) < 4.78 is 0. The fraction of sp³-hybridized carbons (Fsp3) is 0.814. The molecule has 0 aromatic carbocycles. The number of hydrogen-bond acceptors (Lipinski definition) is 2. The van der Waals surface area contributed by atoms with Crippen LogP contribution in [0.2, 0.25) is 0 Å². The van der Waals surface area contributed by atoms with Gasteiger partial charge in [0.15, 0.2) is 0 Å². The minimum absolute atomic E-state index is 0.737. The first-order chi connectivity index (χ1) is 22.2. The van der Waals surface area contributed by atoms with Crippen LogP contribution in [0, 0.1) is 0 Å². The molecule has 0 aliphatic rings. The molecule has 0 rings (SSSR count). The quantitative estimate of drug-likeness (QED) is 0.0550. The Morgan fingerprint density at radius 2 is 0.800 bits per heavy atom. The van der Waals surface area contributed by atoms with Crippen molar-refractivity contribution in [3.05, 3.63) is 48.6 Å². The van der Waals surface area contributed by atoms with Gasteiger partial charge in [-0.3, -0.25) is 0 Å². The van der Waals surface area contributed by atoms with E-state index in [0.29, 0.717) is 0 Å². The fourth-order valence-electron chi connectivity index (χ4n) is 5.97. The molecular weight excluding hydrogens is 544 g/mol. The van der Waals surface area contributed by atoms with Crippen molar-refractivity contribution in [1.82, 2.24) is 10.2 Å². The summed E-state index contributed by atoms with van der Waals surface area (Å²) in [6, 6.07) is 0.737. The van der Waals surface area contributed by atoms with E-state index in [2.05, 4.69) is 86.8 Å². The average Bonchev–Trinajstić information content (AvgIpc) is 3.03. The number of allylic oxidation sites excluding steroid dienone is 8. The summed E-state index contributed by atoms with van der Waals surface area (Å²) in [6.45, 7) is 6.96. The minimum atomic E-state index is 0.737. The van der Waals surface area contributed by atoms with Crippen molar-refractivity contribution in [1.29, 1.82) is 0 Å². The van der Waals surface area contributed by atoms with Gasteiger partial charge in [0.25, 0.3) is 0 Å². The Labute approximate surface area is 285 Å². The van der Waals surface area contributed by atoms with Crippen LogP contribution >= 0.6 is 0 Å². The first-order valence-corrected chi connectivity index (χ1v) is 20.2. The Bertz CT molecular complexity index is 611. The van der Waals surface area contributed by atoms with Crippen molar-refractivity contribution in [2.75, 3.05) is 27.2 Å². The second kappa shape index (κ2) is 39.1. The lowest BCUT2D eigenvalue weighted by Gasteiger charge is -2.19. The Balaban J connectivity index is 3.88. The summed E-state index contributed by atoms with van der Waals surface area (Å²) in [5, 5.41) is 3.95. The number of unbranched alkanes of at least 4 members (excludes halogenated alkanes) is 19. The maximum Gasteiger partial charge on any atom is 0.00670 e. The Hall–Kier alpha value is -1.12. The third-order valence-electron chi connectivity index (χ3n) is 8.97. The molecule has 1 N–H and O–H groups in total. The van der Waals surface area contributed by atoms with E-state index < -0.39 is 0 Å². The maximum absolute atomic E-state index is 3.95. The maximum atomic E-state index is 3.95. The second-order valence-corrected chi connectivity index (χ2v) is 13.9. The van der Waals surface area contributed by atoms with E-state index >= 15 is 0 Å². The van der Waals surface area contributed by atoms with Crippen LogP contribution in [-0.2, 0) is 0 Å². The molecule has 0 aromatic heterocycles. The molecule has 45 heavy (non-hydrogen) atoms. The molecule has 0 bridgehead atoms. The van der Waals surface area contributed by atoms with E-state index in [0.717, 1.165) is 18.9 Å². The molecule has 0 radical (unpaired) electrons. The molecule has 0 unspecified atom stereocenters. The topological polar surface area (TPSA) is 15.3 Å². The molecule has 0 saturated heterocycles. The summed E-state index contributed by atoms with van der Waals surface area (Å²) in [5.41, 5.74) is 0. The van der Waals surface area contributed by atoms with Crippen molar-refractivity contribution in [3.8, 4) is 0 Å². The van der Waals surface area contributed by atoms with Crippen LogP contribution in [-0.4, -0.2) is 38.1 Å². The number of nitrogens with zero attached hydrogens (tertiary/aromatic N) is 1. The van der Waals surface area contributed by atoms with Gasteiger partial charge >= 0.3 is 0 Å². The summed E-state index contributed by atoms with van der Waals surface area (Å²) in [7, 11) is 4.38. The van der Waals surface area contributed by atoms with E-state index in [1.165, 1.54) is 180 Å². The standard InChI is InChI=1S/C43H82N2/c1-5-7-9-11-13-15-17-19-21-23-25-27-29-31-33-35-39-43(44-41-37-38-42-45(3)4)40-36-34-32-30-28-26-24-22-20-18-16-14-12-10-8-6-2/h13-16,19-22,43-44H,5-12,17-18,23-42H2,1-4H3. The lowest BCUT2D eigenvalue weighted by atomic mass is 9.99. The van der Waals surface area contributed by atoms with E-state index in [1.807, 2.05) is 0 Å². The molecule has 0 amide bonds. The zero-order chi connectivity index (χ0) is 32.7. The van der Waals surface area contributed by atoms with Gasteiger partial charge in [-0.25, -0.2) is 0 Å². The fourth-order valence-corrected chi connectivity index (χ4v) is 5.97. The van der Waals surface area contributed by atoms with Crippen LogP contribution in [0.5, 0.6) is 0 Å². The van der Waals surface area contributed by atoms with Gasteiger partial charge in [-0.2, -0.15) is 0 Å². The van der Waals surface area contributed by atoms with Crippen LogP contribution in [0.25, 0.3) is 0 Å². The predicted octanol–water partition coefficient (Wildman–Crippen LogP) is 13.7. The van der Waals surface area contributed by atoms with Crippen molar-refractivity contribution < 1.29 is 0 Å². The number of rotatable bonds is 36. The molecular formula is C43H82N2. The van der Waals surface area contributed by atoms with Gasteiger partial charge in [0.1, 0.15) is 0 Å². The lowest BCUT2D eigenvalue weighted by Crippen LogP contribution is -2.30. The van der Waals surface area contributed by atoms with Gasteiger partial charge < -0.3 is 10.2 Å². The molecule has 2 heteroatoms. The number of hydrogen-bond donors (Lipinski definition) is 1. The van der Waals surface area contributed by atoms with Gasteiger partial charge in [-0.05, 0) is 117 Å². The second-order valence-electron chi connectivity index (χ2n) is 13.9.